The monoisotopic (exact) mass is 171 g/mol. The second kappa shape index (κ2) is 3.78. The summed E-state index contributed by atoms with van der Waals surface area (Å²) in [6.45, 7) is 4.05. The maximum atomic E-state index is 5.80. The van der Waals surface area contributed by atoms with E-state index in [-0.39, 0.29) is 6.04 Å². The van der Waals surface area contributed by atoms with Crippen LogP contribution in [0.1, 0.15) is 36.6 Å². The van der Waals surface area contributed by atoms with Gasteiger partial charge in [-0.25, -0.2) is 4.98 Å². The second-order valence-corrected chi connectivity index (χ2v) is 3.52. The summed E-state index contributed by atoms with van der Waals surface area (Å²) >= 11 is 1.42. The van der Waals surface area contributed by atoms with Crippen molar-refractivity contribution in [1.82, 2.24) is 9.36 Å². The molecule has 1 unspecified atom stereocenters. The Hall–Kier alpha value is -0.480. The molecule has 3 nitrogen and oxygen atoms in total. The van der Waals surface area contributed by atoms with Crippen molar-refractivity contribution in [3.05, 3.63) is 10.8 Å². The van der Waals surface area contributed by atoms with Gasteiger partial charge in [0.05, 0.1) is 6.04 Å². The van der Waals surface area contributed by atoms with E-state index < -0.39 is 0 Å². The van der Waals surface area contributed by atoms with E-state index in [9.17, 15) is 0 Å². The lowest BCUT2D eigenvalue weighted by molar-refractivity contribution is 0.609. The van der Waals surface area contributed by atoms with Gasteiger partial charge in [-0.05, 0) is 24.9 Å². The van der Waals surface area contributed by atoms with Crippen LogP contribution in [0.5, 0.6) is 0 Å². The largest absolute Gasteiger partial charge is 0.321 e. The van der Waals surface area contributed by atoms with Crippen molar-refractivity contribution in [3.63, 3.8) is 0 Å². The molecule has 0 aliphatic rings. The van der Waals surface area contributed by atoms with Crippen LogP contribution in [-0.4, -0.2) is 9.36 Å². The van der Waals surface area contributed by atoms with Gasteiger partial charge in [0.25, 0.3) is 0 Å². The molecule has 0 amide bonds. The van der Waals surface area contributed by atoms with Gasteiger partial charge in [-0.3, -0.25) is 0 Å². The van der Waals surface area contributed by atoms with Crippen LogP contribution in [0.25, 0.3) is 0 Å². The topological polar surface area (TPSA) is 51.8 Å². The van der Waals surface area contributed by atoms with E-state index in [2.05, 4.69) is 16.3 Å². The van der Waals surface area contributed by atoms with Gasteiger partial charge in [-0.1, -0.05) is 13.3 Å². The van der Waals surface area contributed by atoms with Crippen molar-refractivity contribution in [2.24, 2.45) is 5.73 Å². The van der Waals surface area contributed by atoms with E-state index >= 15 is 0 Å². The van der Waals surface area contributed by atoms with E-state index in [0.717, 1.165) is 23.7 Å². The lowest BCUT2D eigenvalue weighted by Crippen LogP contribution is -2.11. The van der Waals surface area contributed by atoms with E-state index in [0.29, 0.717) is 0 Å². The molecule has 11 heavy (non-hydrogen) atoms. The van der Waals surface area contributed by atoms with Gasteiger partial charge < -0.3 is 5.73 Å². The fraction of sp³-hybridized carbons (Fsp3) is 0.714. The maximum Gasteiger partial charge on any atom is 0.159 e. The first-order chi connectivity index (χ1) is 5.24. The van der Waals surface area contributed by atoms with E-state index in [4.69, 9.17) is 5.73 Å². The predicted molar refractivity (Wildman–Crippen MR) is 46.5 cm³/mol. The summed E-state index contributed by atoms with van der Waals surface area (Å²) < 4.78 is 4.14. The molecular formula is C7H13N3S. The molecule has 1 rings (SSSR count). The fourth-order valence-electron chi connectivity index (χ4n) is 0.906. The number of aromatic nitrogens is 2. The molecule has 1 heterocycles. The van der Waals surface area contributed by atoms with Crippen LogP contribution in [0.4, 0.5) is 0 Å². The molecule has 1 aromatic rings. The van der Waals surface area contributed by atoms with Gasteiger partial charge in [-0.2, -0.15) is 4.37 Å². The zero-order valence-electron chi connectivity index (χ0n) is 6.87. The number of rotatable bonds is 3. The molecule has 0 saturated carbocycles. The third-order valence-corrected chi connectivity index (χ3v) is 2.11. The third-order valence-electron chi connectivity index (χ3n) is 1.47. The summed E-state index contributed by atoms with van der Waals surface area (Å²) in [6.07, 6.45) is 2.05. The molecule has 0 spiro atoms. The van der Waals surface area contributed by atoms with Crippen LogP contribution in [-0.2, 0) is 0 Å². The summed E-state index contributed by atoms with van der Waals surface area (Å²) in [5.74, 6) is 0.800. The SMILES string of the molecule is CCCC(N)c1nsc(C)n1. The van der Waals surface area contributed by atoms with Crippen molar-refractivity contribution in [3.8, 4) is 0 Å². The van der Waals surface area contributed by atoms with Crippen molar-refractivity contribution in [2.75, 3.05) is 0 Å². The standard InChI is InChI=1S/C7H13N3S/c1-3-4-6(8)7-9-5(2)11-10-7/h6H,3-4,8H2,1-2H3. The fourth-order valence-corrected chi connectivity index (χ4v) is 1.44. The zero-order chi connectivity index (χ0) is 8.27. The van der Waals surface area contributed by atoms with Crippen molar-refractivity contribution >= 4 is 11.5 Å². The van der Waals surface area contributed by atoms with Crippen molar-refractivity contribution < 1.29 is 0 Å². The van der Waals surface area contributed by atoms with Gasteiger partial charge in [0.1, 0.15) is 5.01 Å². The Morgan fingerprint density at radius 3 is 2.82 bits per heavy atom. The average molecular weight is 171 g/mol. The summed E-state index contributed by atoms with van der Waals surface area (Å²) in [5.41, 5.74) is 5.80. The molecule has 0 fully saturated rings. The molecule has 0 aromatic carbocycles. The first-order valence-electron chi connectivity index (χ1n) is 3.79. The van der Waals surface area contributed by atoms with Crippen LogP contribution >= 0.6 is 11.5 Å². The van der Waals surface area contributed by atoms with Crippen LogP contribution in [0.3, 0.4) is 0 Å². The molecule has 0 bridgehead atoms. The molecule has 62 valence electrons. The Labute approximate surface area is 70.8 Å². The van der Waals surface area contributed by atoms with E-state index in [1.807, 2.05) is 6.92 Å². The molecule has 1 aromatic heterocycles. The number of hydrogen-bond donors (Lipinski definition) is 1. The predicted octanol–water partition coefficient (Wildman–Crippen LogP) is 1.65. The van der Waals surface area contributed by atoms with Crippen LogP contribution in [0.2, 0.25) is 0 Å². The number of aryl methyl sites for hydroxylation is 1. The summed E-state index contributed by atoms with van der Waals surface area (Å²) in [6, 6.07) is 0.0324. The molecular weight excluding hydrogens is 158 g/mol. The van der Waals surface area contributed by atoms with E-state index in [1.54, 1.807) is 0 Å². The number of nitrogens with zero attached hydrogens (tertiary/aromatic N) is 2. The highest BCUT2D eigenvalue weighted by Gasteiger charge is 2.08. The highest BCUT2D eigenvalue weighted by atomic mass is 32.1. The smallest absolute Gasteiger partial charge is 0.159 e. The van der Waals surface area contributed by atoms with Gasteiger partial charge in [0, 0.05) is 0 Å². The minimum Gasteiger partial charge on any atom is -0.321 e. The first kappa shape index (κ1) is 8.62. The van der Waals surface area contributed by atoms with Crippen LogP contribution in [0, 0.1) is 6.92 Å². The maximum absolute atomic E-state index is 5.80. The molecule has 1 atom stereocenters. The zero-order valence-corrected chi connectivity index (χ0v) is 7.69. The summed E-state index contributed by atoms with van der Waals surface area (Å²) in [4.78, 5) is 4.21. The highest BCUT2D eigenvalue weighted by Crippen LogP contribution is 2.13. The van der Waals surface area contributed by atoms with Crippen LogP contribution in [0.15, 0.2) is 0 Å². The molecule has 0 saturated heterocycles. The Morgan fingerprint density at radius 2 is 2.36 bits per heavy atom. The van der Waals surface area contributed by atoms with Gasteiger partial charge in [0.2, 0.25) is 0 Å². The number of nitrogens with two attached hydrogens (primary N) is 1. The highest BCUT2D eigenvalue weighted by molar-refractivity contribution is 7.05. The minimum absolute atomic E-state index is 0.0324. The van der Waals surface area contributed by atoms with Gasteiger partial charge >= 0.3 is 0 Å². The first-order valence-corrected chi connectivity index (χ1v) is 4.57. The minimum atomic E-state index is 0.0324. The van der Waals surface area contributed by atoms with Crippen LogP contribution < -0.4 is 5.73 Å². The molecule has 4 heteroatoms. The van der Waals surface area contributed by atoms with Gasteiger partial charge in [-0.15, -0.1) is 0 Å². The Bertz CT molecular complexity index is 221. The summed E-state index contributed by atoms with van der Waals surface area (Å²) in [7, 11) is 0. The van der Waals surface area contributed by atoms with Gasteiger partial charge in [0.15, 0.2) is 5.82 Å². The normalized spacial score (nSPS) is 13.4. The molecule has 0 radical (unpaired) electrons. The molecule has 0 aliphatic carbocycles. The molecule has 2 N–H and O–H groups in total. The van der Waals surface area contributed by atoms with Crippen molar-refractivity contribution in [2.45, 2.75) is 32.7 Å². The lowest BCUT2D eigenvalue weighted by atomic mass is 10.2. The third kappa shape index (κ3) is 2.24. The Kier molecular flexibility index (Phi) is 2.96. The molecule has 0 aliphatic heterocycles. The lowest BCUT2D eigenvalue weighted by Gasteiger charge is -2.03. The van der Waals surface area contributed by atoms with Crippen molar-refractivity contribution in [1.29, 1.82) is 0 Å². The summed E-state index contributed by atoms with van der Waals surface area (Å²) in [5, 5.41) is 0.992. The van der Waals surface area contributed by atoms with E-state index in [1.165, 1.54) is 11.5 Å². The second-order valence-electron chi connectivity index (χ2n) is 2.57. The number of hydrogen-bond acceptors (Lipinski definition) is 4. The average Bonchev–Trinajstić information content (AvgIpc) is 2.36. The Morgan fingerprint density at radius 1 is 1.64 bits per heavy atom. The quantitative estimate of drug-likeness (QED) is 0.752. The Balaban J connectivity index is 2.60.